The molecule has 27 heavy (non-hydrogen) atoms. The number of piperazine rings is 1. The molecule has 1 N–H and O–H groups in total. The smallest absolute Gasteiger partial charge is 0.219 e. The summed E-state index contributed by atoms with van der Waals surface area (Å²) < 4.78 is 29.4. The standard InChI is InChI=1S/C18H23F2N5O2/c1-13(23-5-7-24(8-6-23)14(2)26)18(27,10-25-12-21-11-22-25)16-4-3-15(19)9-17(16)20/h3-4,9,11-13,27H,5-8,10H2,1-2H3. The average molecular weight is 379 g/mol. The van der Waals surface area contributed by atoms with Gasteiger partial charge in [0.05, 0.1) is 6.54 Å². The Morgan fingerprint density at radius 3 is 2.56 bits per heavy atom. The van der Waals surface area contributed by atoms with Crippen molar-refractivity contribution in [3.8, 4) is 0 Å². The van der Waals surface area contributed by atoms with Gasteiger partial charge in [-0.05, 0) is 13.0 Å². The van der Waals surface area contributed by atoms with Crippen LogP contribution in [0.1, 0.15) is 19.4 Å². The normalized spacial score (nSPS) is 18.9. The third-order valence-electron chi connectivity index (χ3n) is 5.27. The van der Waals surface area contributed by atoms with Crippen molar-refractivity contribution in [2.45, 2.75) is 32.0 Å². The van der Waals surface area contributed by atoms with Gasteiger partial charge in [-0.1, -0.05) is 6.07 Å². The van der Waals surface area contributed by atoms with E-state index in [1.165, 1.54) is 30.3 Å². The number of benzene rings is 1. The number of rotatable bonds is 5. The molecule has 1 saturated heterocycles. The molecule has 2 unspecified atom stereocenters. The summed E-state index contributed by atoms with van der Waals surface area (Å²) in [6, 6.07) is 2.66. The number of carbonyl (C=O) groups is 1. The first kappa shape index (κ1) is 19.4. The second-order valence-electron chi connectivity index (χ2n) is 6.86. The molecular weight excluding hydrogens is 356 g/mol. The lowest BCUT2D eigenvalue weighted by Crippen LogP contribution is -2.58. The van der Waals surface area contributed by atoms with Crippen LogP contribution in [0.5, 0.6) is 0 Å². The van der Waals surface area contributed by atoms with Crippen molar-refractivity contribution in [1.29, 1.82) is 0 Å². The van der Waals surface area contributed by atoms with E-state index < -0.39 is 23.3 Å². The maximum Gasteiger partial charge on any atom is 0.219 e. The SMILES string of the molecule is CC(=O)N1CCN(C(C)C(O)(Cn2cncn2)c2ccc(F)cc2F)CC1. The predicted molar refractivity (Wildman–Crippen MR) is 93.6 cm³/mol. The van der Waals surface area contributed by atoms with Crippen LogP contribution < -0.4 is 0 Å². The summed E-state index contributed by atoms with van der Waals surface area (Å²) in [5.41, 5.74) is -1.66. The van der Waals surface area contributed by atoms with Gasteiger partial charge in [0.2, 0.25) is 5.91 Å². The summed E-state index contributed by atoms with van der Waals surface area (Å²) in [6.45, 7) is 5.43. The fourth-order valence-electron chi connectivity index (χ4n) is 3.57. The third-order valence-corrected chi connectivity index (χ3v) is 5.27. The number of halogens is 2. The van der Waals surface area contributed by atoms with Gasteiger partial charge < -0.3 is 10.0 Å². The van der Waals surface area contributed by atoms with Crippen LogP contribution in [-0.4, -0.2) is 67.8 Å². The summed E-state index contributed by atoms with van der Waals surface area (Å²) in [7, 11) is 0. The first-order chi connectivity index (χ1) is 12.8. The molecular formula is C18H23F2N5O2. The molecule has 1 fully saturated rings. The molecule has 1 aliphatic rings. The van der Waals surface area contributed by atoms with E-state index in [1.54, 1.807) is 11.8 Å². The molecule has 2 atom stereocenters. The molecule has 9 heteroatoms. The molecule has 3 rings (SSSR count). The van der Waals surface area contributed by atoms with Gasteiger partial charge in [0, 0.05) is 50.8 Å². The second-order valence-corrected chi connectivity index (χ2v) is 6.86. The number of aliphatic hydroxyl groups is 1. The molecule has 0 aliphatic carbocycles. The van der Waals surface area contributed by atoms with Crippen LogP contribution in [0.4, 0.5) is 8.78 Å². The van der Waals surface area contributed by atoms with Crippen LogP contribution >= 0.6 is 0 Å². The highest BCUT2D eigenvalue weighted by molar-refractivity contribution is 5.73. The van der Waals surface area contributed by atoms with Gasteiger partial charge in [-0.15, -0.1) is 0 Å². The van der Waals surface area contributed by atoms with Crippen LogP contribution in [0, 0.1) is 11.6 Å². The summed E-state index contributed by atoms with van der Waals surface area (Å²) >= 11 is 0. The minimum atomic E-state index is -1.66. The van der Waals surface area contributed by atoms with Gasteiger partial charge in [0.25, 0.3) is 0 Å². The second kappa shape index (κ2) is 7.69. The first-order valence-corrected chi connectivity index (χ1v) is 8.81. The zero-order valence-electron chi connectivity index (χ0n) is 15.3. The molecule has 0 bridgehead atoms. The molecule has 0 radical (unpaired) electrons. The Morgan fingerprint density at radius 1 is 1.30 bits per heavy atom. The average Bonchev–Trinajstić information content (AvgIpc) is 3.13. The molecule has 1 aromatic heterocycles. The van der Waals surface area contributed by atoms with Crippen molar-refractivity contribution in [3.05, 3.63) is 48.1 Å². The number of nitrogens with zero attached hydrogens (tertiary/aromatic N) is 5. The Bertz CT molecular complexity index is 793. The van der Waals surface area contributed by atoms with Crippen molar-refractivity contribution >= 4 is 5.91 Å². The van der Waals surface area contributed by atoms with Crippen molar-refractivity contribution in [2.75, 3.05) is 26.2 Å². The molecule has 7 nitrogen and oxygen atoms in total. The lowest BCUT2D eigenvalue weighted by atomic mass is 9.85. The fourth-order valence-corrected chi connectivity index (χ4v) is 3.57. The maximum atomic E-state index is 14.6. The molecule has 1 amide bonds. The molecule has 0 spiro atoms. The highest BCUT2D eigenvalue weighted by Gasteiger charge is 2.42. The van der Waals surface area contributed by atoms with Crippen molar-refractivity contribution < 1.29 is 18.7 Å². The van der Waals surface area contributed by atoms with Crippen molar-refractivity contribution in [1.82, 2.24) is 24.6 Å². The topological polar surface area (TPSA) is 74.5 Å². The molecule has 2 heterocycles. The molecule has 2 aromatic rings. The third kappa shape index (κ3) is 3.98. The van der Waals surface area contributed by atoms with Crippen LogP contribution in [0.3, 0.4) is 0 Å². The van der Waals surface area contributed by atoms with Gasteiger partial charge in [0.15, 0.2) is 0 Å². The maximum absolute atomic E-state index is 14.6. The summed E-state index contributed by atoms with van der Waals surface area (Å²) in [4.78, 5) is 19.1. The molecule has 1 aromatic carbocycles. The highest BCUT2D eigenvalue weighted by atomic mass is 19.1. The van der Waals surface area contributed by atoms with E-state index in [4.69, 9.17) is 0 Å². The highest BCUT2D eigenvalue weighted by Crippen LogP contribution is 2.33. The number of hydrogen-bond donors (Lipinski definition) is 1. The Balaban J connectivity index is 1.91. The number of aromatic nitrogens is 3. The Morgan fingerprint density at radius 2 is 2.00 bits per heavy atom. The van der Waals surface area contributed by atoms with Crippen LogP contribution in [0.15, 0.2) is 30.9 Å². The van der Waals surface area contributed by atoms with Crippen LogP contribution in [-0.2, 0) is 16.9 Å². The number of carbonyl (C=O) groups excluding carboxylic acids is 1. The van der Waals surface area contributed by atoms with Gasteiger partial charge >= 0.3 is 0 Å². The van der Waals surface area contributed by atoms with Crippen molar-refractivity contribution in [2.24, 2.45) is 0 Å². The molecule has 1 aliphatic heterocycles. The lowest BCUT2D eigenvalue weighted by molar-refractivity contribution is -0.132. The van der Waals surface area contributed by atoms with E-state index in [9.17, 15) is 18.7 Å². The van der Waals surface area contributed by atoms with E-state index in [1.807, 2.05) is 4.90 Å². The minimum absolute atomic E-state index is 0.000831. The van der Waals surface area contributed by atoms with E-state index in [-0.39, 0.29) is 18.0 Å². The Kier molecular flexibility index (Phi) is 5.52. The quantitative estimate of drug-likeness (QED) is 0.839. The number of amides is 1. The minimum Gasteiger partial charge on any atom is -0.381 e. The molecule has 146 valence electrons. The summed E-state index contributed by atoms with van der Waals surface area (Å²) in [6.07, 6.45) is 2.77. The van der Waals surface area contributed by atoms with E-state index in [2.05, 4.69) is 10.1 Å². The summed E-state index contributed by atoms with van der Waals surface area (Å²) in [5.74, 6) is -1.52. The van der Waals surface area contributed by atoms with Gasteiger partial charge in [-0.25, -0.2) is 18.4 Å². The lowest BCUT2D eigenvalue weighted by Gasteiger charge is -2.44. The van der Waals surface area contributed by atoms with Gasteiger partial charge in [-0.2, -0.15) is 5.10 Å². The van der Waals surface area contributed by atoms with Crippen molar-refractivity contribution in [3.63, 3.8) is 0 Å². The monoisotopic (exact) mass is 379 g/mol. The summed E-state index contributed by atoms with van der Waals surface area (Å²) in [5, 5.41) is 15.6. The zero-order chi connectivity index (χ0) is 19.6. The predicted octanol–water partition coefficient (Wildman–Crippen LogP) is 0.997. The van der Waals surface area contributed by atoms with E-state index in [0.717, 1.165) is 12.1 Å². The van der Waals surface area contributed by atoms with Gasteiger partial charge in [-0.3, -0.25) is 9.69 Å². The van der Waals surface area contributed by atoms with Gasteiger partial charge in [0.1, 0.15) is 29.9 Å². The first-order valence-electron chi connectivity index (χ1n) is 8.81. The largest absolute Gasteiger partial charge is 0.381 e. The zero-order valence-corrected chi connectivity index (χ0v) is 15.3. The number of hydrogen-bond acceptors (Lipinski definition) is 5. The Hall–Kier alpha value is -2.39. The van der Waals surface area contributed by atoms with Crippen LogP contribution in [0.2, 0.25) is 0 Å². The molecule has 0 saturated carbocycles. The van der Waals surface area contributed by atoms with E-state index >= 15 is 0 Å². The van der Waals surface area contributed by atoms with Crippen LogP contribution in [0.25, 0.3) is 0 Å². The fraction of sp³-hybridized carbons (Fsp3) is 0.500. The Labute approximate surface area is 156 Å². The van der Waals surface area contributed by atoms with E-state index in [0.29, 0.717) is 26.2 Å².